The Morgan fingerprint density at radius 1 is 1.03 bits per heavy atom. The van der Waals surface area contributed by atoms with E-state index >= 15 is 0 Å². The first-order valence-corrected chi connectivity index (χ1v) is 14.0. The number of Topliss-reactive ketones (excluding diaryl/α,β-unsaturated/α-hetero) is 1. The number of rotatable bonds is 6. The second kappa shape index (κ2) is 8.75. The van der Waals surface area contributed by atoms with E-state index in [0.717, 1.165) is 44.9 Å². The summed E-state index contributed by atoms with van der Waals surface area (Å²) in [6, 6.07) is 0. The highest BCUT2D eigenvalue weighted by Crippen LogP contribution is 2.69. The van der Waals surface area contributed by atoms with Gasteiger partial charge in [0.25, 0.3) is 0 Å². The van der Waals surface area contributed by atoms with Gasteiger partial charge in [-0.2, -0.15) is 0 Å². The lowest BCUT2D eigenvalue weighted by Gasteiger charge is -2.62. The predicted molar refractivity (Wildman–Crippen MR) is 130 cm³/mol. The Hall–Kier alpha value is -0.710. The molecule has 7 atom stereocenters. The summed E-state index contributed by atoms with van der Waals surface area (Å²) >= 11 is 0. The molecular weight excluding hydrogens is 412 g/mol. The molecular formula is C29H46O4. The molecule has 0 heterocycles. The van der Waals surface area contributed by atoms with E-state index in [1.807, 2.05) is 0 Å². The van der Waals surface area contributed by atoms with Crippen molar-refractivity contribution in [1.82, 2.24) is 0 Å². The molecule has 0 aromatic rings. The van der Waals surface area contributed by atoms with Gasteiger partial charge in [0.2, 0.25) is 0 Å². The fourth-order valence-corrected chi connectivity index (χ4v) is 9.72. The van der Waals surface area contributed by atoms with E-state index in [1.54, 1.807) is 0 Å². The number of carbonyl (C=O) groups is 1. The van der Waals surface area contributed by atoms with Crippen LogP contribution in [0.2, 0.25) is 0 Å². The van der Waals surface area contributed by atoms with E-state index in [0.29, 0.717) is 48.9 Å². The minimum atomic E-state index is -0.420. The summed E-state index contributed by atoms with van der Waals surface area (Å²) in [4.78, 5) is 12.3. The monoisotopic (exact) mass is 458 g/mol. The number of ether oxygens (including phenoxy) is 2. The largest absolute Gasteiger partial charge is 0.396 e. The molecule has 0 aromatic carbocycles. The average molecular weight is 459 g/mol. The molecule has 4 heteroatoms. The van der Waals surface area contributed by atoms with Gasteiger partial charge in [-0.25, -0.2) is 0 Å². The molecule has 5 aliphatic rings. The van der Waals surface area contributed by atoms with Crippen LogP contribution in [0.15, 0.2) is 12.2 Å². The average Bonchev–Trinajstić information content (AvgIpc) is 3.36. The molecule has 2 unspecified atom stereocenters. The van der Waals surface area contributed by atoms with Crippen LogP contribution in [0, 0.1) is 34.5 Å². The second-order valence-corrected chi connectivity index (χ2v) is 12.3. The van der Waals surface area contributed by atoms with Crippen LogP contribution >= 0.6 is 0 Å². The Balaban J connectivity index is 1.46. The lowest BCUT2D eigenvalue weighted by molar-refractivity contribution is -0.299. The Labute approximate surface area is 200 Å². The third-order valence-corrected chi connectivity index (χ3v) is 11.2. The minimum Gasteiger partial charge on any atom is -0.396 e. The molecule has 33 heavy (non-hydrogen) atoms. The molecule has 0 aromatic heterocycles. The first-order chi connectivity index (χ1) is 15.9. The quantitative estimate of drug-likeness (QED) is 0.380. The molecule has 0 bridgehead atoms. The topological polar surface area (TPSA) is 55.8 Å². The molecule has 0 radical (unpaired) electrons. The SMILES string of the molecule is CC=CC1(OC2(OCC)CCCC2)CC[C@H]2[C@@H]3CCC4CC(=O)CC[C@]4(CO)[C@@H]3CC[C@@]21C. The summed E-state index contributed by atoms with van der Waals surface area (Å²) in [6.07, 6.45) is 18.2. The molecule has 5 saturated carbocycles. The van der Waals surface area contributed by atoms with E-state index in [-0.39, 0.29) is 23.0 Å². The van der Waals surface area contributed by atoms with E-state index in [2.05, 4.69) is 32.9 Å². The van der Waals surface area contributed by atoms with Crippen molar-refractivity contribution in [2.75, 3.05) is 13.2 Å². The molecule has 5 fully saturated rings. The highest BCUT2D eigenvalue weighted by Gasteiger charge is 2.66. The summed E-state index contributed by atoms with van der Waals surface area (Å²) in [5, 5.41) is 10.7. The van der Waals surface area contributed by atoms with Crippen molar-refractivity contribution in [2.24, 2.45) is 34.5 Å². The number of ketones is 1. The number of hydrogen-bond donors (Lipinski definition) is 1. The molecule has 0 aliphatic heterocycles. The maximum absolute atomic E-state index is 12.3. The van der Waals surface area contributed by atoms with E-state index < -0.39 is 5.79 Å². The van der Waals surface area contributed by atoms with Crippen LogP contribution in [0.4, 0.5) is 0 Å². The molecule has 0 spiro atoms. The molecule has 4 nitrogen and oxygen atoms in total. The summed E-state index contributed by atoms with van der Waals surface area (Å²) in [5.41, 5.74) is -0.188. The molecule has 186 valence electrons. The van der Waals surface area contributed by atoms with E-state index in [4.69, 9.17) is 9.47 Å². The van der Waals surface area contributed by atoms with Gasteiger partial charge in [0.15, 0.2) is 5.79 Å². The molecule has 0 amide bonds. The fourth-order valence-electron chi connectivity index (χ4n) is 9.72. The zero-order chi connectivity index (χ0) is 23.3. The maximum atomic E-state index is 12.3. The van der Waals surface area contributed by atoms with Gasteiger partial charge < -0.3 is 14.6 Å². The van der Waals surface area contributed by atoms with Gasteiger partial charge in [0.1, 0.15) is 5.78 Å². The number of fused-ring (bicyclic) bond motifs is 5. The second-order valence-electron chi connectivity index (χ2n) is 12.3. The Morgan fingerprint density at radius 3 is 2.48 bits per heavy atom. The number of aliphatic hydroxyl groups excluding tert-OH is 1. The maximum Gasteiger partial charge on any atom is 0.169 e. The molecule has 1 N–H and O–H groups in total. The highest BCUT2D eigenvalue weighted by atomic mass is 16.7. The molecule has 5 aliphatic carbocycles. The van der Waals surface area contributed by atoms with Crippen LogP contribution in [0.1, 0.15) is 104 Å². The molecule has 5 rings (SSSR count). The Bertz CT molecular complexity index is 770. The lowest BCUT2D eigenvalue weighted by Crippen LogP contribution is -2.59. The van der Waals surface area contributed by atoms with Crippen LogP contribution in [0.25, 0.3) is 0 Å². The Kier molecular flexibility index (Phi) is 6.36. The highest BCUT2D eigenvalue weighted by molar-refractivity contribution is 5.79. The van der Waals surface area contributed by atoms with Crippen LogP contribution in [-0.4, -0.2) is 35.5 Å². The van der Waals surface area contributed by atoms with Crippen molar-refractivity contribution in [3.05, 3.63) is 12.2 Å². The third kappa shape index (κ3) is 3.52. The standard InChI is InChI=1S/C29H46O4/c1-4-13-28(33-29(32-5-2)14-6-7-15-29)18-12-24-23-9-8-21-19-22(31)10-17-27(21,20-30)25(23)11-16-26(24,28)3/h4,13,21,23-25,30H,5-12,14-20H2,1-3H3/t21?,23-,24-,25+,26-,27+,28?/m0/s1. The summed E-state index contributed by atoms with van der Waals surface area (Å²) in [6.45, 7) is 7.71. The van der Waals surface area contributed by atoms with E-state index in [9.17, 15) is 9.90 Å². The van der Waals surface area contributed by atoms with Crippen LogP contribution < -0.4 is 0 Å². The van der Waals surface area contributed by atoms with Gasteiger partial charge in [-0.3, -0.25) is 4.79 Å². The van der Waals surface area contributed by atoms with Crippen molar-refractivity contribution in [3.63, 3.8) is 0 Å². The first-order valence-electron chi connectivity index (χ1n) is 14.0. The van der Waals surface area contributed by atoms with Gasteiger partial charge in [-0.1, -0.05) is 19.1 Å². The normalized spacial score (nSPS) is 46.8. The fraction of sp³-hybridized carbons (Fsp3) is 0.897. The molecule has 0 saturated heterocycles. The van der Waals surface area contributed by atoms with Crippen LogP contribution in [-0.2, 0) is 14.3 Å². The third-order valence-electron chi connectivity index (χ3n) is 11.2. The van der Waals surface area contributed by atoms with Crippen LogP contribution in [0.3, 0.4) is 0 Å². The van der Waals surface area contributed by atoms with Crippen LogP contribution in [0.5, 0.6) is 0 Å². The smallest absolute Gasteiger partial charge is 0.169 e. The van der Waals surface area contributed by atoms with Gasteiger partial charge in [0.05, 0.1) is 5.60 Å². The van der Waals surface area contributed by atoms with Gasteiger partial charge in [0, 0.05) is 49.7 Å². The van der Waals surface area contributed by atoms with Gasteiger partial charge in [-0.15, -0.1) is 0 Å². The number of allylic oxidation sites excluding steroid dienone is 1. The first kappa shape index (κ1) is 24.0. The number of hydrogen-bond acceptors (Lipinski definition) is 4. The van der Waals surface area contributed by atoms with Crippen molar-refractivity contribution in [3.8, 4) is 0 Å². The zero-order valence-corrected chi connectivity index (χ0v) is 21.2. The van der Waals surface area contributed by atoms with Crippen molar-refractivity contribution >= 4 is 5.78 Å². The summed E-state index contributed by atoms with van der Waals surface area (Å²) in [5.74, 6) is 2.21. The Morgan fingerprint density at radius 2 is 1.79 bits per heavy atom. The van der Waals surface area contributed by atoms with E-state index in [1.165, 1.54) is 25.7 Å². The van der Waals surface area contributed by atoms with Gasteiger partial charge in [-0.05, 0) is 95.3 Å². The minimum absolute atomic E-state index is 0.0249. The van der Waals surface area contributed by atoms with Crippen molar-refractivity contribution < 1.29 is 19.4 Å². The predicted octanol–water partition coefficient (Wildman–Crippen LogP) is 6.21. The number of aliphatic hydroxyl groups is 1. The number of carbonyl (C=O) groups excluding carboxylic acids is 1. The lowest BCUT2D eigenvalue weighted by atomic mass is 9.44. The van der Waals surface area contributed by atoms with Gasteiger partial charge >= 0.3 is 0 Å². The summed E-state index contributed by atoms with van der Waals surface area (Å²) < 4.78 is 13.6. The summed E-state index contributed by atoms with van der Waals surface area (Å²) in [7, 11) is 0. The van der Waals surface area contributed by atoms with Crippen molar-refractivity contribution in [2.45, 2.75) is 116 Å². The van der Waals surface area contributed by atoms with Crippen molar-refractivity contribution in [1.29, 1.82) is 0 Å². The zero-order valence-electron chi connectivity index (χ0n) is 21.2.